The Morgan fingerprint density at radius 3 is 2.20 bits per heavy atom. The summed E-state index contributed by atoms with van der Waals surface area (Å²) in [5.74, 6) is 2.49. The van der Waals surface area contributed by atoms with E-state index in [1.807, 2.05) is 0 Å². The molecule has 0 radical (unpaired) electrons. The fraction of sp³-hybridized carbons (Fsp3) is 1.00. The van der Waals surface area contributed by atoms with Crippen molar-refractivity contribution < 1.29 is 0 Å². The van der Waals surface area contributed by atoms with Gasteiger partial charge in [0.15, 0.2) is 0 Å². The van der Waals surface area contributed by atoms with E-state index in [9.17, 15) is 0 Å². The molecule has 1 aliphatic carbocycles. The first kappa shape index (κ1) is 13.0. The Bertz CT molecular complexity index is 176. The second-order valence-electron chi connectivity index (χ2n) is 6.50. The molecular weight excluding hydrogens is 182 g/mol. The zero-order valence-electron chi connectivity index (χ0n) is 11.1. The number of hydrogen-bond acceptors (Lipinski definition) is 1. The van der Waals surface area contributed by atoms with E-state index in [4.69, 9.17) is 5.73 Å². The van der Waals surface area contributed by atoms with Crippen LogP contribution in [0.3, 0.4) is 0 Å². The zero-order chi connectivity index (χ0) is 11.5. The molecule has 1 nitrogen and oxygen atoms in total. The first-order valence-electron chi connectivity index (χ1n) is 6.70. The highest BCUT2D eigenvalue weighted by atomic mass is 14.7. The molecule has 0 heterocycles. The molecule has 90 valence electrons. The first-order chi connectivity index (χ1) is 6.91. The third kappa shape index (κ3) is 4.55. The minimum absolute atomic E-state index is 0.159. The molecule has 0 saturated heterocycles. The molecule has 1 aliphatic rings. The molecule has 2 unspecified atom stereocenters. The molecule has 0 spiro atoms. The van der Waals surface area contributed by atoms with E-state index >= 15 is 0 Å². The molecule has 2 N–H and O–H groups in total. The lowest BCUT2D eigenvalue weighted by molar-refractivity contribution is 0.168. The van der Waals surface area contributed by atoms with Crippen molar-refractivity contribution in [3.05, 3.63) is 0 Å². The van der Waals surface area contributed by atoms with Crippen LogP contribution in [0, 0.1) is 17.8 Å². The van der Waals surface area contributed by atoms with Gasteiger partial charge in [0, 0.05) is 5.54 Å². The summed E-state index contributed by atoms with van der Waals surface area (Å²) in [7, 11) is 0. The fourth-order valence-corrected chi connectivity index (χ4v) is 3.39. The first-order valence-corrected chi connectivity index (χ1v) is 6.70. The van der Waals surface area contributed by atoms with Gasteiger partial charge in [0.1, 0.15) is 0 Å². The predicted octanol–water partition coefficient (Wildman–Crippen LogP) is 3.97. The Labute approximate surface area is 95.8 Å². The number of hydrogen-bond donors (Lipinski definition) is 1. The average molecular weight is 211 g/mol. The topological polar surface area (TPSA) is 26.0 Å². The Balaban J connectivity index is 2.36. The van der Waals surface area contributed by atoms with E-state index in [1.165, 1.54) is 38.5 Å². The van der Waals surface area contributed by atoms with E-state index in [1.54, 1.807) is 0 Å². The van der Waals surface area contributed by atoms with Crippen LogP contribution in [0.15, 0.2) is 0 Å². The quantitative estimate of drug-likeness (QED) is 0.748. The highest BCUT2D eigenvalue weighted by Gasteiger charge is 2.33. The lowest BCUT2D eigenvalue weighted by Crippen LogP contribution is -2.46. The summed E-state index contributed by atoms with van der Waals surface area (Å²) in [6, 6.07) is 0. The molecule has 0 aliphatic heterocycles. The summed E-state index contributed by atoms with van der Waals surface area (Å²) in [4.78, 5) is 0. The van der Waals surface area contributed by atoms with Gasteiger partial charge in [0.2, 0.25) is 0 Å². The Morgan fingerprint density at radius 2 is 1.73 bits per heavy atom. The molecule has 0 aromatic rings. The summed E-state index contributed by atoms with van der Waals surface area (Å²) in [6.07, 6.45) is 7.75. The SMILES string of the molecule is CC(C)CCCC1(N)CC(C)CC(C)C1. The van der Waals surface area contributed by atoms with E-state index in [2.05, 4.69) is 27.7 Å². The van der Waals surface area contributed by atoms with Crippen LogP contribution in [-0.2, 0) is 0 Å². The summed E-state index contributed by atoms with van der Waals surface area (Å²) in [5.41, 5.74) is 6.68. The van der Waals surface area contributed by atoms with Gasteiger partial charge in [-0.3, -0.25) is 0 Å². The zero-order valence-corrected chi connectivity index (χ0v) is 11.1. The molecule has 1 rings (SSSR count). The van der Waals surface area contributed by atoms with Crippen LogP contribution >= 0.6 is 0 Å². The molecule has 15 heavy (non-hydrogen) atoms. The lowest BCUT2D eigenvalue weighted by Gasteiger charge is -2.40. The predicted molar refractivity (Wildman–Crippen MR) is 67.8 cm³/mol. The molecule has 0 amide bonds. The van der Waals surface area contributed by atoms with Crippen molar-refractivity contribution in [3.8, 4) is 0 Å². The highest BCUT2D eigenvalue weighted by molar-refractivity contribution is 4.91. The molecule has 1 fully saturated rings. The lowest BCUT2D eigenvalue weighted by atomic mass is 9.70. The van der Waals surface area contributed by atoms with Gasteiger partial charge in [-0.2, -0.15) is 0 Å². The van der Waals surface area contributed by atoms with Crippen molar-refractivity contribution in [2.75, 3.05) is 0 Å². The summed E-state index contributed by atoms with van der Waals surface area (Å²) < 4.78 is 0. The monoisotopic (exact) mass is 211 g/mol. The molecule has 1 saturated carbocycles. The van der Waals surface area contributed by atoms with Crippen molar-refractivity contribution in [1.29, 1.82) is 0 Å². The van der Waals surface area contributed by atoms with Crippen LogP contribution in [0.2, 0.25) is 0 Å². The average Bonchev–Trinajstić information content (AvgIpc) is 1.98. The Kier molecular flexibility index (Phi) is 4.64. The van der Waals surface area contributed by atoms with Crippen molar-refractivity contribution in [1.82, 2.24) is 0 Å². The van der Waals surface area contributed by atoms with Gasteiger partial charge < -0.3 is 5.73 Å². The van der Waals surface area contributed by atoms with Gasteiger partial charge in [-0.1, -0.05) is 40.5 Å². The minimum Gasteiger partial charge on any atom is -0.325 e. The number of rotatable bonds is 4. The molecular formula is C14H29N. The standard InChI is InChI=1S/C14H29N/c1-11(2)6-5-7-14(15)9-12(3)8-13(4)10-14/h11-13H,5-10,15H2,1-4H3. The van der Waals surface area contributed by atoms with Gasteiger partial charge in [-0.05, 0) is 43.4 Å². The maximum absolute atomic E-state index is 6.53. The molecule has 1 heteroatoms. The summed E-state index contributed by atoms with van der Waals surface area (Å²) in [5, 5.41) is 0. The Hall–Kier alpha value is -0.0400. The third-order valence-electron chi connectivity index (χ3n) is 3.77. The molecule has 0 aromatic carbocycles. The largest absolute Gasteiger partial charge is 0.325 e. The number of nitrogens with two attached hydrogens (primary N) is 1. The van der Waals surface area contributed by atoms with Crippen LogP contribution in [0.25, 0.3) is 0 Å². The van der Waals surface area contributed by atoms with Crippen molar-refractivity contribution in [2.45, 2.75) is 71.8 Å². The van der Waals surface area contributed by atoms with E-state index in [0.29, 0.717) is 0 Å². The van der Waals surface area contributed by atoms with Crippen molar-refractivity contribution in [2.24, 2.45) is 23.5 Å². The van der Waals surface area contributed by atoms with Crippen LogP contribution in [-0.4, -0.2) is 5.54 Å². The summed E-state index contributed by atoms with van der Waals surface area (Å²) >= 11 is 0. The van der Waals surface area contributed by atoms with Crippen LogP contribution in [0.4, 0.5) is 0 Å². The molecule has 0 bridgehead atoms. The van der Waals surface area contributed by atoms with Gasteiger partial charge >= 0.3 is 0 Å². The second-order valence-corrected chi connectivity index (χ2v) is 6.50. The normalized spacial score (nSPS) is 37.2. The van der Waals surface area contributed by atoms with Gasteiger partial charge in [0.05, 0.1) is 0 Å². The van der Waals surface area contributed by atoms with Gasteiger partial charge in [-0.15, -0.1) is 0 Å². The van der Waals surface area contributed by atoms with Crippen molar-refractivity contribution >= 4 is 0 Å². The van der Waals surface area contributed by atoms with Crippen LogP contribution in [0.5, 0.6) is 0 Å². The van der Waals surface area contributed by atoms with Gasteiger partial charge in [-0.25, -0.2) is 0 Å². The summed E-state index contributed by atoms with van der Waals surface area (Å²) in [6.45, 7) is 9.32. The molecule has 2 atom stereocenters. The van der Waals surface area contributed by atoms with E-state index < -0.39 is 0 Å². The molecule has 0 aromatic heterocycles. The van der Waals surface area contributed by atoms with Gasteiger partial charge in [0.25, 0.3) is 0 Å². The van der Waals surface area contributed by atoms with Crippen molar-refractivity contribution in [3.63, 3.8) is 0 Å². The van der Waals surface area contributed by atoms with Crippen LogP contribution in [0.1, 0.15) is 66.2 Å². The van der Waals surface area contributed by atoms with E-state index in [0.717, 1.165) is 17.8 Å². The Morgan fingerprint density at radius 1 is 1.20 bits per heavy atom. The highest BCUT2D eigenvalue weighted by Crippen LogP contribution is 2.37. The maximum Gasteiger partial charge on any atom is 0.0159 e. The van der Waals surface area contributed by atoms with Crippen LogP contribution < -0.4 is 5.73 Å². The smallest absolute Gasteiger partial charge is 0.0159 e. The minimum atomic E-state index is 0.159. The second kappa shape index (κ2) is 5.34. The maximum atomic E-state index is 6.53. The third-order valence-corrected chi connectivity index (χ3v) is 3.77. The fourth-order valence-electron chi connectivity index (χ4n) is 3.39. The van der Waals surface area contributed by atoms with E-state index in [-0.39, 0.29) is 5.54 Å².